The Labute approximate surface area is 185 Å². The van der Waals surface area contributed by atoms with Gasteiger partial charge >= 0.3 is 0 Å². The summed E-state index contributed by atoms with van der Waals surface area (Å²) >= 11 is 6.30. The molecule has 0 bridgehead atoms. The van der Waals surface area contributed by atoms with Gasteiger partial charge in [0.15, 0.2) is 5.69 Å². The van der Waals surface area contributed by atoms with Gasteiger partial charge in [-0.1, -0.05) is 11.6 Å². The number of carbonyl (C=O) groups is 1. The van der Waals surface area contributed by atoms with E-state index in [-0.39, 0.29) is 5.91 Å². The van der Waals surface area contributed by atoms with Gasteiger partial charge in [-0.15, -0.1) is 0 Å². The highest BCUT2D eigenvalue weighted by Gasteiger charge is 2.44. The zero-order chi connectivity index (χ0) is 21.8. The van der Waals surface area contributed by atoms with Crippen LogP contribution in [0.3, 0.4) is 0 Å². The van der Waals surface area contributed by atoms with E-state index in [1.54, 1.807) is 10.9 Å². The van der Waals surface area contributed by atoms with Gasteiger partial charge in [0.05, 0.1) is 22.3 Å². The van der Waals surface area contributed by atoms with Gasteiger partial charge in [-0.05, 0) is 69.5 Å². The molecule has 1 aliphatic rings. The molecule has 4 aromatic rings. The number of rotatable bonds is 3. The smallest absolute Gasteiger partial charge is 0.275 e. The van der Waals surface area contributed by atoms with Crippen LogP contribution in [-0.2, 0) is 5.54 Å². The summed E-state index contributed by atoms with van der Waals surface area (Å²) in [5.41, 5.74) is 3.98. The lowest BCUT2D eigenvalue weighted by Gasteiger charge is -2.33. The number of H-pyrrole nitrogens is 1. The molecule has 1 unspecified atom stereocenters. The minimum Gasteiger partial charge on any atom is -0.340 e. The summed E-state index contributed by atoms with van der Waals surface area (Å²) < 4.78 is 1.68. The summed E-state index contributed by atoms with van der Waals surface area (Å²) in [5, 5.41) is 4.99. The van der Waals surface area contributed by atoms with Crippen LogP contribution in [0.15, 0.2) is 42.7 Å². The average Bonchev–Trinajstić information content (AvgIpc) is 3.50. The van der Waals surface area contributed by atoms with E-state index in [1.165, 1.54) is 0 Å². The number of nitrogens with one attached hydrogen (secondary N) is 1. The molecule has 0 spiro atoms. The Morgan fingerprint density at radius 2 is 2.03 bits per heavy atom. The molecule has 4 heterocycles. The summed E-state index contributed by atoms with van der Waals surface area (Å²) in [6.07, 6.45) is 5.21. The van der Waals surface area contributed by atoms with Crippen LogP contribution >= 0.6 is 11.6 Å². The number of hydrogen-bond acceptors (Lipinski definition) is 4. The molecule has 1 saturated heterocycles. The highest BCUT2D eigenvalue weighted by Crippen LogP contribution is 2.39. The zero-order valence-electron chi connectivity index (χ0n) is 17.7. The number of halogens is 1. The van der Waals surface area contributed by atoms with Crippen molar-refractivity contribution in [2.45, 2.75) is 39.2 Å². The summed E-state index contributed by atoms with van der Waals surface area (Å²) in [6, 6.07) is 9.42. The summed E-state index contributed by atoms with van der Waals surface area (Å²) in [6.45, 7) is 6.55. The van der Waals surface area contributed by atoms with Crippen LogP contribution in [0, 0.1) is 13.8 Å². The molecule has 1 aromatic carbocycles. The predicted octanol–water partition coefficient (Wildman–Crippen LogP) is 4.57. The number of benzene rings is 1. The number of pyridine rings is 1. The molecule has 1 atom stereocenters. The molecule has 7 nitrogen and oxygen atoms in total. The van der Waals surface area contributed by atoms with Crippen LogP contribution in [0.4, 0.5) is 0 Å². The molecule has 1 fully saturated rings. The van der Waals surface area contributed by atoms with Crippen LogP contribution in [0.25, 0.3) is 16.7 Å². The first-order chi connectivity index (χ1) is 14.9. The Bertz CT molecular complexity index is 1300. The standard InChI is InChI=1S/C23H23ClN6O/c1-14-6-9-18(30-13-5-11-25-30)20(26-14)21(31)29-12-4-10-23(29,3)22-27-17-8-7-16(24)15(2)19(17)28-22/h5-9,11,13H,4,10,12H2,1-3H3,(H,27,28). The first kappa shape index (κ1) is 19.8. The molecule has 5 rings (SSSR count). The number of imidazole rings is 1. The monoisotopic (exact) mass is 434 g/mol. The van der Waals surface area contributed by atoms with E-state index in [9.17, 15) is 4.79 Å². The molecule has 0 saturated carbocycles. The maximum atomic E-state index is 13.8. The van der Waals surface area contributed by atoms with Crippen LogP contribution in [-0.4, -0.2) is 42.1 Å². The highest BCUT2D eigenvalue weighted by atomic mass is 35.5. The van der Waals surface area contributed by atoms with Gasteiger partial charge in [-0.25, -0.2) is 14.6 Å². The maximum absolute atomic E-state index is 13.8. The first-order valence-corrected chi connectivity index (χ1v) is 10.7. The van der Waals surface area contributed by atoms with E-state index in [0.717, 1.165) is 41.0 Å². The van der Waals surface area contributed by atoms with Crippen molar-refractivity contribution in [3.05, 3.63) is 70.5 Å². The van der Waals surface area contributed by atoms with Crippen molar-refractivity contribution in [1.29, 1.82) is 0 Å². The normalized spacial score (nSPS) is 18.8. The van der Waals surface area contributed by atoms with Gasteiger partial charge in [0.25, 0.3) is 5.91 Å². The number of hydrogen-bond donors (Lipinski definition) is 1. The lowest BCUT2D eigenvalue weighted by molar-refractivity contribution is 0.0599. The van der Waals surface area contributed by atoms with Crippen LogP contribution < -0.4 is 0 Å². The van der Waals surface area contributed by atoms with E-state index in [0.29, 0.717) is 22.9 Å². The van der Waals surface area contributed by atoms with Crippen molar-refractivity contribution in [2.75, 3.05) is 6.54 Å². The number of aromatic amines is 1. The number of fused-ring (bicyclic) bond motifs is 1. The van der Waals surface area contributed by atoms with Crippen molar-refractivity contribution >= 4 is 28.5 Å². The minimum absolute atomic E-state index is 0.121. The molecule has 8 heteroatoms. The zero-order valence-corrected chi connectivity index (χ0v) is 18.4. The largest absolute Gasteiger partial charge is 0.340 e. The molecule has 1 N–H and O–H groups in total. The van der Waals surface area contributed by atoms with Gasteiger partial charge in [0.1, 0.15) is 5.82 Å². The second-order valence-corrected chi connectivity index (χ2v) is 8.67. The van der Waals surface area contributed by atoms with Crippen LogP contribution in [0.1, 0.15) is 47.3 Å². The lowest BCUT2D eigenvalue weighted by atomic mass is 9.97. The van der Waals surface area contributed by atoms with Gasteiger partial charge in [0, 0.05) is 29.7 Å². The van der Waals surface area contributed by atoms with Crippen molar-refractivity contribution in [2.24, 2.45) is 0 Å². The molecule has 1 aliphatic heterocycles. The molecule has 3 aromatic heterocycles. The minimum atomic E-state index is -0.568. The van der Waals surface area contributed by atoms with Crippen molar-refractivity contribution in [3.8, 4) is 5.69 Å². The number of carbonyl (C=O) groups excluding carboxylic acids is 1. The first-order valence-electron chi connectivity index (χ1n) is 10.3. The Kier molecular flexibility index (Phi) is 4.59. The third kappa shape index (κ3) is 3.11. The topological polar surface area (TPSA) is 79.7 Å². The molecule has 1 amide bonds. The van der Waals surface area contributed by atoms with E-state index in [4.69, 9.17) is 16.6 Å². The lowest BCUT2D eigenvalue weighted by Crippen LogP contribution is -2.44. The van der Waals surface area contributed by atoms with Crippen LogP contribution in [0.2, 0.25) is 5.02 Å². The fourth-order valence-electron chi connectivity index (χ4n) is 4.41. The second kappa shape index (κ2) is 7.20. The Morgan fingerprint density at radius 3 is 2.81 bits per heavy atom. The van der Waals surface area contributed by atoms with E-state index in [1.807, 2.05) is 55.3 Å². The van der Waals surface area contributed by atoms with Gasteiger partial charge in [-0.2, -0.15) is 5.10 Å². The summed E-state index contributed by atoms with van der Waals surface area (Å²) in [7, 11) is 0. The molecule has 0 radical (unpaired) electrons. The summed E-state index contributed by atoms with van der Waals surface area (Å²) in [4.78, 5) is 28.6. The number of aromatic nitrogens is 5. The van der Waals surface area contributed by atoms with E-state index in [2.05, 4.69) is 22.0 Å². The number of nitrogens with zero attached hydrogens (tertiary/aromatic N) is 5. The quantitative estimate of drug-likeness (QED) is 0.512. The molecule has 158 valence electrons. The third-order valence-electron chi connectivity index (χ3n) is 6.20. The van der Waals surface area contributed by atoms with Crippen molar-refractivity contribution < 1.29 is 4.79 Å². The highest BCUT2D eigenvalue weighted by molar-refractivity contribution is 6.32. The Morgan fingerprint density at radius 1 is 1.19 bits per heavy atom. The summed E-state index contributed by atoms with van der Waals surface area (Å²) in [5.74, 6) is 0.649. The number of amides is 1. The Hall–Kier alpha value is -3.19. The second-order valence-electron chi connectivity index (χ2n) is 8.26. The van der Waals surface area contributed by atoms with E-state index >= 15 is 0 Å². The van der Waals surface area contributed by atoms with Crippen LogP contribution in [0.5, 0.6) is 0 Å². The number of aryl methyl sites for hydroxylation is 2. The van der Waals surface area contributed by atoms with Gasteiger partial charge in [0.2, 0.25) is 0 Å². The third-order valence-corrected chi connectivity index (χ3v) is 6.61. The molecule has 0 aliphatic carbocycles. The van der Waals surface area contributed by atoms with Gasteiger partial charge < -0.3 is 9.88 Å². The maximum Gasteiger partial charge on any atom is 0.275 e. The SMILES string of the molecule is Cc1ccc(-n2cccn2)c(C(=O)N2CCCC2(C)c2nc3c(C)c(Cl)ccc3[nH]2)n1. The average molecular weight is 435 g/mol. The van der Waals surface area contributed by atoms with E-state index < -0.39 is 5.54 Å². The fourth-order valence-corrected chi connectivity index (χ4v) is 4.56. The fraction of sp³-hybridized carbons (Fsp3) is 0.304. The van der Waals surface area contributed by atoms with Crippen molar-refractivity contribution in [3.63, 3.8) is 0 Å². The predicted molar refractivity (Wildman–Crippen MR) is 120 cm³/mol. The molecule has 31 heavy (non-hydrogen) atoms. The molecular weight excluding hydrogens is 412 g/mol. The molecular formula is C23H23ClN6O. The van der Waals surface area contributed by atoms with Gasteiger partial charge in [-0.3, -0.25) is 4.79 Å². The Balaban J connectivity index is 1.59. The van der Waals surface area contributed by atoms with Crippen molar-refractivity contribution in [1.82, 2.24) is 29.6 Å². The number of likely N-dealkylation sites (tertiary alicyclic amines) is 1.